The largest absolute Gasteiger partial charge is 0.497 e. The summed E-state index contributed by atoms with van der Waals surface area (Å²) in [5, 5.41) is 8.89. The van der Waals surface area contributed by atoms with Gasteiger partial charge in [-0.3, -0.25) is 4.79 Å². The summed E-state index contributed by atoms with van der Waals surface area (Å²) in [7, 11) is -2.10. The molecule has 2 N–H and O–H groups in total. The van der Waals surface area contributed by atoms with E-state index in [4.69, 9.17) is 9.84 Å². The number of piperidine rings is 1. The van der Waals surface area contributed by atoms with Gasteiger partial charge in [-0.25, -0.2) is 18.2 Å². The van der Waals surface area contributed by atoms with Gasteiger partial charge in [-0.15, -0.1) is 0 Å². The lowest BCUT2D eigenvalue weighted by Crippen LogP contribution is -2.38. The Bertz CT molecular complexity index is 992. The van der Waals surface area contributed by atoms with Crippen molar-refractivity contribution in [1.29, 1.82) is 0 Å². The zero-order valence-corrected chi connectivity index (χ0v) is 15.4. The highest BCUT2D eigenvalue weighted by Crippen LogP contribution is 2.29. The fourth-order valence-electron chi connectivity index (χ4n) is 3.03. The molecule has 0 amide bonds. The number of methoxy groups -OCH3 is 1. The van der Waals surface area contributed by atoms with Crippen molar-refractivity contribution >= 4 is 16.0 Å². The molecule has 0 unspecified atom stereocenters. The minimum Gasteiger partial charge on any atom is -0.497 e. The van der Waals surface area contributed by atoms with Gasteiger partial charge in [0, 0.05) is 25.2 Å². The number of carboxylic acids is 1. The van der Waals surface area contributed by atoms with Gasteiger partial charge in [-0.2, -0.15) is 4.31 Å². The molecule has 2 aromatic rings. The third kappa shape index (κ3) is 3.86. The van der Waals surface area contributed by atoms with Crippen molar-refractivity contribution in [2.24, 2.45) is 0 Å². The molecule has 1 aliphatic rings. The Balaban J connectivity index is 1.72. The number of benzene rings is 1. The van der Waals surface area contributed by atoms with Gasteiger partial charge in [-0.1, -0.05) is 0 Å². The average Bonchev–Trinajstić information content (AvgIpc) is 2.67. The molecule has 27 heavy (non-hydrogen) atoms. The van der Waals surface area contributed by atoms with Crippen molar-refractivity contribution < 1.29 is 23.1 Å². The number of aromatic carboxylic acids is 1. The first-order valence-corrected chi connectivity index (χ1v) is 9.73. The third-order valence-corrected chi connectivity index (χ3v) is 6.50. The van der Waals surface area contributed by atoms with E-state index >= 15 is 0 Å². The lowest BCUT2D eigenvalue weighted by atomic mass is 9.97. The summed E-state index contributed by atoms with van der Waals surface area (Å²) in [4.78, 5) is 29.4. The van der Waals surface area contributed by atoms with Crippen LogP contribution in [0.2, 0.25) is 0 Å². The second kappa shape index (κ2) is 7.49. The standard InChI is InChI=1S/C17H19N3O6S/c1-26-12-2-4-13(5-3-12)27(24,25)20-8-6-11(7-9-20)15-18-10-14(17(22)23)16(21)19-15/h2-5,10-11H,6-9H2,1H3,(H,22,23)(H,18,19,21). The number of nitrogens with one attached hydrogen (secondary N) is 1. The van der Waals surface area contributed by atoms with Gasteiger partial charge >= 0.3 is 5.97 Å². The van der Waals surface area contributed by atoms with Gasteiger partial charge in [0.05, 0.1) is 12.0 Å². The second-order valence-corrected chi connectivity index (χ2v) is 8.11. The molecule has 1 aromatic heterocycles. The van der Waals surface area contributed by atoms with Crippen LogP contribution in [-0.2, 0) is 10.0 Å². The number of hydrogen-bond acceptors (Lipinski definition) is 6. The maximum absolute atomic E-state index is 12.8. The number of aromatic amines is 1. The van der Waals surface area contributed by atoms with Gasteiger partial charge in [0.25, 0.3) is 5.56 Å². The summed E-state index contributed by atoms with van der Waals surface area (Å²) in [6, 6.07) is 6.20. The summed E-state index contributed by atoms with van der Waals surface area (Å²) >= 11 is 0. The molecule has 0 atom stereocenters. The van der Waals surface area contributed by atoms with Crippen LogP contribution in [0.1, 0.15) is 34.9 Å². The number of nitrogens with zero attached hydrogens (tertiary/aromatic N) is 2. The number of sulfonamides is 1. The summed E-state index contributed by atoms with van der Waals surface area (Å²) in [5.41, 5.74) is -1.13. The van der Waals surface area contributed by atoms with E-state index in [2.05, 4.69) is 9.97 Å². The Morgan fingerprint density at radius 1 is 1.26 bits per heavy atom. The molecule has 0 spiro atoms. The minimum absolute atomic E-state index is 0.136. The van der Waals surface area contributed by atoms with Crippen LogP contribution in [0, 0.1) is 0 Å². The number of rotatable bonds is 5. The molecular formula is C17H19N3O6S. The molecule has 10 heteroatoms. The molecule has 1 saturated heterocycles. The number of carbonyl (C=O) groups is 1. The van der Waals surface area contributed by atoms with E-state index < -0.39 is 27.1 Å². The Morgan fingerprint density at radius 3 is 2.41 bits per heavy atom. The Hall–Kier alpha value is -2.72. The first-order chi connectivity index (χ1) is 12.8. The fourth-order valence-corrected chi connectivity index (χ4v) is 4.50. The van der Waals surface area contributed by atoms with E-state index in [1.807, 2.05) is 0 Å². The summed E-state index contributed by atoms with van der Waals surface area (Å²) in [6.07, 6.45) is 1.99. The highest BCUT2D eigenvalue weighted by Gasteiger charge is 2.31. The number of ether oxygens (including phenoxy) is 1. The van der Waals surface area contributed by atoms with Crippen LogP contribution in [0.5, 0.6) is 5.75 Å². The Morgan fingerprint density at radius 2 is 1.89 bits per heavy atom. The van der Waals surface area contributed by atoms with Gasteiger partial charge in [0.15, 0.2) is 0 Å². The molecule has 9 nitrogen and oxygen atoms in total. The predicted molar refractivity (Wildman–Crippen MR) is 95.5 cm³/mol. The molecule has 2 heterocycles. The van der Waals surface area contributed by atoms with E-state index in [9.17, 15) is 18.0 Å². The van der Waals surface area contributed by atoms with Crippen LogP contribution in [0.25, 0.3) is 0 Å². The van der Waals surface area contributed by atoms with Gasteiger partial charge in [0.2, 0.25) is 10.0 Å². The van der Waals surface area contributed by atoms with Gasteiger partial charge in [0.1, 0.15) is 17.1 Å². The van der Waals surface area contributed by atoms with Crippen molar-refractivity contribution in [2.45, 2.75) is 23.7 Å². The highest BCUT2D eigenvalue weighted by atomic mass is 32.2. The predicted octanol–water partition coefficient (Wildman–Crippen LogP) is 1.04. The van der Waals surface area contributed by atoms with Crippen LogP contribution in [0.3, 0.4) is 0 Å². The van der Waals surface area contributed by atoms with Crippen LogP contribution in [0.15, 0.2) is 40.2 Å². The summed E-state index contributed by atoms with van der Waals surface area (Å²) in [5.74, 6) is -0.516. The number of hydrogen-bond donors (Lipinski definition) is 2. The molecular weight excluding hydrogens is 374 g/mol. The zero-order valence-electron chi connectivity index (χ0n) is 14.6. The molecule has 0 bridgehead atoms. The highest BCUT2D eigenvalue weighted by molar-refractivity contribution is 7.89. The summed E-state index contributed by atoms with van der Waals surface area (Å²) in [6.45, 7) is 0.562. The lowest BCUT2D eigenvalue weighted by molar-refractivity contribution is 0.0694. The molecule has 3 rings (SSSR count). The maximum atomic E-state index is 12.8. The molecule has 1 aromatic carbocycles. The monoisotopic (exact) mass is 393 g/mol. The van der Waals surface area contributed by atoms with E-state index in [-0.39, 0.29) is 23.9 Å². The first-order valence-electron chi connectivity index (χ1n) is 8.29. The number of H-pyrrole nitrogens is 1. The lowest BCUT2D eigenvalue weighted by Gasteiger charge is -2.30. The van der Waals surface area contributed by atoms with Gasteiger partial charge < -0.3 is 14.8 Å². The first kappa shape index (κ1) is 19.1. The van der Waals surface area contributed by atoms with Gasteiger partial charge in [-0.05, 0) is 37.1 Å². The van der Waals surface area contributed by atoms with E-state index in [1.54, 1.807) is 12.1 Å². The van der Waals surface area contributed by atoms with Crippen LogP contribution in [0.4, 0.5) is 0 Å². The third-order valence-electron chi connectivity index (χ3n) is 4.59. The van der Waals surface area contributed by atoms with Crippen molar-refractivity contribution in [3.8, 4) is 5.75 Å². The average molecular weight is 393 g/mol. The molecule has 144 valence electrons. The van der Waals surface area contributed by atoms with Crippen LogP contribution >= 0.6 is 0 Å². The second-order valence-electron chi connectivity index (χ2n) is 6.17. The number of aromatic nitrogens is 2. The van der Waals surface area contributed by atoms with Crippen LogP contribution in [-0.4, -0.2) is 54.0 Å². The summed E-state index contributed by atoms with van der Waals surface area (Å²) < 4.78 is 31.9. The van der Waals surface area contributed by atoms with Crippen molar-refractivity contribution in [2.75, 3.05) is 20.2 Å². The SMILES string of the molecule is COc1ccc(S(=O)(=O)N2CCC(c3ncc(C(=O)O)c(=O)[nH]3)CC2)cc1. The number of carboxylic acid groups (broad SMARTS) is 1. The zero-order chi connectivity index (χ0) is 19.6. The Kier molecular flexibility index (Phi) is 5.29. The molecule has 0 saturated carbocycles. The normalized spacial score (nSPS) is 16.2. The van der Waals surface area contributed by atoms with Crippen molar-refractivity contribution in [3.63, 3.8) is 0 Å². The van der Waals surface area contributed by atoms with Crippen LogP contribution < -0.4 is 10.3 Å². The van der Waals surface area contributed by atoms with E-state index in [0.717, 1.165) is 6.20 Å². The molecule has 0 aliphatic carbocycles. The van der Waals surface area contributed by atoms with Crippen molar-refractivity contribution in [3.05, 3.63) is 52.2 Å². The fraction of sp³-hybridized carbons (Fsp3) is 0.353. The van der Waals surface area contributed by atoms with Crippen molar-refractivity contribution in [1.82, 2.24) is 14.3 Å². The van der Waals surface area contributed by atoms with E-state index in [0.29, 0.717) is 24.4 Å². The minimum atomic E-state index is -3.61. The smallest absolute Gasteiger partial charge is 0.342 e. The molecule has 0 radical (unpaired) electrons. The quantitative estimate of drug-likeness (QED) is 0.776. The molecule has 1 aliphatic heterocycles. The Labute approximate surface area is 155 Å². The van der Waals surface area contributed by atoms with E-state index in [1.165, 1.54) is 23.5 Å². The topological polar surface area (TPSA) is 130 Å². The maximum Gasteiger partial charge on any atom is 0.342 e. The molecule has 1 fully saturated rings.